The first-order valence-corrected chi connectivity index (χ1v) is 7.53. The number of hydrogen-bond acceptors (Lipinski definition) is 4. The molecule has 118 valence electrons. The van der Waals surface area contributed by atoms with Gasteiger partial charge in [0.25, 0.3) is 0 Å². The number of aromatic amines is 1. The largest absolute Gasteiger partial charge is 0.507 e. The summed E-state index contributed by atoms with van der Waals surface area (Å²) < 4.78 is 5.27. The summed E-state index contributed by atoms with van der Waals surface area (Å²) >= 11 is 0. The highest BCUT2D eigenvalue weighted by Crippen LogP contribution is 2.40. The third kappa shape index (κ3) is 2.27. The molecular formula is C19H15N3O2. The molecule has 0 aliphatic heterocycles. The average molecular weight is 317 g/mol. The second-order valence-corrected chi connectivity index (χ2v) is 5.38. The number of methoxy groups -OCH3 is 1. The van der Waals surface area contributed by atoms with Crippen molar-refractivity contribution >= 4 is 11.0 Å². The number of benzene rings is 1. The van der Waals surface area contributed by atoms with Gasteiger partial charge in [-0.25, -0.2) is 4.98 Å². The molecule has 4 rings (SSSR count). The number of aromatic nitrogens is 3. The van der Waals surface area contributed by atoms with E-state index in [0.717, 1.165) is 33.4 Å². The van der Waals surface area contributed by atoms with Crippen LogP contribution in [0.4, 0.5) is 0 Å². The van der Waals surface area contributed by atoms with Gasteiger partial charge in [0, 0.05) is 29.6 Å². The summed E-state index contributed by atoms with van der Waals surface area (Å²) in [4.78, 5) is 12.0. The summed E-state index contributed by atoms with van der Waals surface area (Å²) in [5.41, 5.74) is 5.08. The summed E-state index contributed by atoms with van der Waals surface area (Å²) in [5, 5.41) is 10.3. The molecule has 0 bridgehead atoms. The van der Waals surface area contributed by atoms with Gasteiger partial charge in [0.05, 0.1) is 18.3 Å². The Labute approximate surface area is 138 Å². The number of nitrogens with one attached hydrogen (secondary N) is 1. The Kier molecular flexibility index (Phi) is 3.39. The van der Waals surface area contributed by atoms with Crippen LogP contribution in [0.5, 0.6) is 11.6 Å². The van der Waals surface area contributed by atoms with E-state index in [4.69, 9.17) is 4.74 Å². The van der Waals surface area contributed by atoms with Crippen molar-refractivity contribution in [2.45, 2.75) is 0 Å². The van der Waals surface area contributed by atoms with Gasteiger partial charge in [-0.1, -0.05) is 12.1 Å². The SMILES string of the molecule is COc1ccc2[nH]c(-c3ccccc3O)c(-c3ccncc3)c2n1. The molecule has 5 heteroatoms. The second-order valence-electron chi connectivity index (χ2n) is 5.38. The normalized spacial score (nSPS) is 10.9. The van der Waals surface area contributed by atoms with E-state index in [1.54, 1.807) is 31.6 Å². The van der Waals surface area contributed by atoms with E-state index in [1.165, 1.54) is 0 Å². The van der Waals surface area contributed by atoms with Crippen LogP contribution in [0.25, 0.3) is 33.4 Å². The number of aromatic hydroxyl groups is 1. The zero-order chi connectivity index (χ0) is 16.5. The van der Waals surface area contributed by atoms with E-state index < -0.39 is 0 Å². The maximum atomic E-state index is 10.3. The van der Waals surface area contributed by atoms with Crippen molar-refractivity contribution < 1.29 is 9.84 Å². The highest BCUT2D eigenvalue weighted by Gasteiger charge is 2.18. The van der Waals surface area contributed by atoms with Crippen LogP contribution in [-0.2, 0) is 0 Å². The maximum Gasteiger partial charge on any atom is 0.213 e. The topological polar surface area (TPSA) is 71.0 Å². The molecule has 1 aromatic carbocycles. The van der Waals surface area contributed by atoms with Crippen LogP contribution < -0.4 is 4.74 Å². The molecule has 0 saturated heterocycles. The molecule has 0 atom stereocenters. The number of ether oxygens (including phenoxy) is 1. The zero-order valence-corrected chi connectivity index (χ0v) is 13.0. The molecule has 5 nitrogen and oxygen atoms in total. The smallest absolute Gasteiger partial charge is 0.213 e. The van der Waals surface area contributed by atoms with Crippen LogP contribution in [0, 0.1) is 0 Å². The Morgan fingerprint density at radius 3 is 2.54 bits per heavy atom. The number of para-hydroxylation sites is 1. The Hall–Kier alpha value is -3.34. The van der Waals surface area contributed by atoms with Gasteiger partial charge in [0.15, 0.2) is 0 Å². The fourth-order valence-corrected chi connectivity index (χ4v) is 2.85. The van der Waals surface area contributed by atoms with E-state index >= 15 is 0 Å². The van der Waals surface area contributed by atoms with E-state index in [0.29, 0.717) is 5.88 Å². The van der Waals surface area contributed by atoms with Crippen molar-refractivity contribution in [3.8, 4) is 34.0 Å². The van der Waals surface area contributed by atoms with Crippen molar-refractivity contribution in [1.29, 1.82) is 0 Å². The van der Waals surface area contributed by atoms with E-state index in [9.17, 15) is 5.11 Å². The molecular weight excluding hydrogens is 302 g/mol. The van der Waals surface area contributed by atoms with Gasteiger partial charge in [0.2, 0.25) is 5.88 Å². The Balaban J connectivity index is 2.08. The van der Waals surface area contributed by atoms with Crippen molar-refractivity contribution in [3.05, 3.63) is 60.9 Å². The molecule has 3 aromatic heterocycles. The van der Waals surface area contributed by atoms with Gasteiger partial charge in [-0.2, -0.15) is 0 Å². The number of phenolic OH excluding ortho intramolecular Hbond substituents is 1. The second kappa shape index (κ2) is 5.70. The Bertz CT molecular complexity index is 1010. The van der Waals surface area contributed by atoms with Crippen LogP contribution in [0.1, 0.15) is 0 Å². The number of nitrogens with zero attached hydrogens (tertiary/aromatic N) is 2. The number of H-pyrrole nitrogens is 1. The van der Waals surface area contributed by atoms with Crippen molar-refractivity contribution in [2.24, 2.45) is 0 Å². The summed E-state index contributed by atoms with van der Waals surface area (Å²) in [6, 6.07) is 14.8. The highest BCUT2D eigenvalue weighted by atomic mass is 16.5. The predicted molar refractivity (Wildman–Crippen MR) is 93.0 cm³/mol. The summed E-state index contributed by atoms with van der Waals surface area (Å²) in [6.07, 6.45) is 3.48. The number of pyridine rings is 2. The lowest BCUT2D eigenvalue weighted by Crippen LogP contribution is -1.88. The molecule has 0 unspecified atom stereocenters. The lowest BCUT2D eigenvalue weighted by atomic mass is 10.0. The molecule has 0 aliphatic carbocycles. The maximum absolute atomic E-state index is 10.3. The standard InChI is InChI=1S/C19H15N3O2/c1-24-16-7-6-14-19(22-16)17(12-8-10-20-11-9-12)18(21-14)13-4-2-3-5-15(13)23/h2-11,21,23H,1H3. The molecule has 4 aromatic rings. The minimum atomic E-state index is 0.214. The van der Waals surface area contributed by atoms with Crippen LogP contribution in [0.2, 0.25) is 0 Å². The monoisotopic (exact) mass is 317 g/mol. The molecule has 24 heavy (non-hydrogen) atoms. The minimum absolute atomic E-state index is 0.214. The number of hydrogen-bond donors (Lipinski definition) is 2. The molecule has 0 amide bonds. The van der Waals surface area contributed by atoms with Gasteiger partial charge in [-0.05, 0) is 35.9 Å². The number of fused-ring (bicyclic) bond motifs is 1. The molecule has 0 aliphatic rings. The van der Waals surface area contributed by atoms with Crippen molar-refractivity contribution in [3.63, 3.8) is 0 Å². The summed E-state index contributed by atoms with van der Waals surface area (Å²) in [5.74, 6) is 0.756. The Morgan fingerprint density at radius 1 is 1.00 bits per heavy atom. The first-order chi connectivity index (χ1) is 11.8. The minimum Gasteiger partial charge on any atom is -0.507 e. The quantitative estimate of drug-likeness (QED) is 0.599. The van der Waals surface area contributed by atoms with Gasteiger partial charge in [0.1, 0.15) is 11.3 Å². The summed E-state index contributed by atoms with van der Waals surface area (Å²) in [6.45, 7) is 0. The first-order valence-electron chi connectivity index (χ1n) is 7.53. The van der Waals surface area contributed by atoms with Crippen LogP contribution in [0.3, 0.4) is 0 Å². The third-order valence-corrected chi connectivity index (χ3v) is 3.97. The molecule has 0 saturated carbocycles. The molecule has 0 radical (unpaired) electrons. The fourth-order valence-electron chi connectivity index (χ4n) is 2.85. The van der Waals surface area contributed by atoms with E-state index in [-0.39, 0.29) is 5.75 Å². The third-order valence-electron chi connectivity index (χ3n) is 3.97. The zero-order valence-electron chi connectivity index (χ0n) is 13.0. The Morgan fingerprint density at radius 2 is 1.79 bits per heavy atom. The van der Waals surface area contributed by atoms with Gasteiger partial charge in [-0.15, -0.1) is 0 Å². The molecule has 0 spiro atoms. The van der Waals surface area contributed by atoms with Gasteiger partial charge in [-0.3, -0.25) is 4.98 Å². The highest BCUT2D eigenvalue weighted by molar-refractivity contribution is 6.02. The molecule has 3 heterocycles. The number of phenols is 1. The average Bonchev–Trinajstić information content (AvgIpc) is 3.01. The lowest BCUT2D eigenvalue weighted by Gasteiger charge is -2.07. The summed E-state index contributed by atoms with van der Waals surface area (Å²) in [7, 11) is 1.59. The van der Waals surface area contributed by atoms with Gasteiger partial charge < -0.3 is 14.8 Å². The van der Waals surface area contributed by atoms with E-state index in [1.807, 2.05) is 36.4 Å². The first kappa shape index (κ1) is 14.3. The lowest BCUT2D eigenvalue weighted by molar-refractivity contribution is 0.399. The van der Waals surface area contributed by atoms with Crippen LogP contribution in [0.15, 0.2) is 60.9 Å². The molecule has 2 N–H and O–H groups in total. The van der Waals surface area contributed by atoms with E-state index in [2.05, 4.69) is 15.0 Å². The van der Waals surface area contributed by atoms with Gasteiger partial charge >= 0.3 is 0 Å². The number of rotatable bonds is 3. The van der Waals surface area contributed by atoms with Crippen LogP contribution >= 0.6 is 0 Å². The van der Waals surface area contributed by atoms with Crippen molar-refractivity contribution in [1.82, 2.24) is 15.0 Å². The van der Waals surface area contributed by atoms with Crippen molar-refractivity contribution in [2.75, 3.05) is 7.11 Å². The molecule has 0 fully saturated rings. The fraction of sp³-hybridized carbons (Fsp3) is 0.0526. The van der Waals surface area contributed by atoms with Crippen LogP contribution in [-0.4, -0.2) is 27.2 Å². The predicted octanol–water partition coefficient (Wildman–Crippen LogP) is 4.01.